The van der Waals surface area contributed by atoms with E-state index < -0.39 is 0 Å². The molecular formula is C21H24N2O3. The molecule has 1 fully saturated rings. The number of carbonyl (C=O) groups is 1. The highest BCUT2D eigenvalue weighted by atomic mass is 16.6. The van der Waals surface area contributed by atoms with Gasteiger partial charge in [0, 0.05) is 12.0 Å². The Morgan fingerprint density at radius 3 is 2.65 bits per heavy atom. The van der Waals surface area contributed by atoms with Crippen LogP contribution in [0, 0.1) is 13.8 Å². The van der Waals surface area contributed by atoms with Crippen LogP contribution in [0.1, 0.15) is 27.9 Å². The van der Waals surface area contributed by atoms with Crippen LogP contribution in [0.15, 0.2) is 47.6 Å². The third-order valence-electron chi connectivity index (χ3n) is 4.87. The average molecular weight is 352 g/mol. The highest BCUT2D eigenvalue weighted by Gasteiger charge is 2.33. The molecule has 1 aliphatic rings. The summed E-state index contributed by atoms with van der Waals surface area (Å²) in [5.41, 5.74) is 5.81. The number of benzene rings is 2. The number of hydrogen-bond acceptors (Lipinski definition) is 4. The van der Waals surface area contributed by atoms with Crippen molar-refractivity contribution in [2.75, 3.05) is 20.3 Å². The van der Waals surface area contributed by atoms with Gasteiger partial charge in [-0.05, 0) is 42.2 Å². The van der Waals surface area contributed by atoms with Crippen molar-refractivity contribution in [1.82, 2.24) is 4.90 Å². The van der Waals surface area contributed by atoms with E-state index in [4.69, 9.17) is 4.84 Å². The quantitative estimate of drug-likeness (QED) is 0.860. The van der Waals surface area contributed by atoms with Crippen LogP contribution in [-0.4, -0.2) is 47.9 Å². The average Bonchev–Trinajstić information content (AvgIpc) is 3.05. The molecule has 26 heavy (non-hydrogen) atoms. The molecule has 5 nitrogen and oxygen atoms in total. The number of hydrogen-bond donors (Lipinski definition) is 1. The molecule has 1 heterocycles. The van der Waals surface area contributed by atoms with Crippen LogP contribution in [-0.2, 0) is 4.84 Å². The molecule has 0 saturated carbocycles. The van der Waals surface area contributed by atoms with Gasteiger partial charge in [0.25, 0.3) is 5.91 Å². The summed E-state index contributed by atoms with van der Waals surface area (Å²) >= 11 is 0. The van der Waals surface area contributed by atoms with E-state index in [0.717, 1.165) is 16.8 Å². The van der Waals surface area contributed by atoms with Gasteiger partial charge in [0.15, 0.2) is 0 Å². The van der Waals surface area contributed by atoms with Crippen molar-refractivity contribution in [3.8, 4) is 11.1 Å². The summed E-state index contributed by atoms with van der Waals surface area (Å²) in [6.45, 7) is 4.32. The van der Waals surface area contributed by atoms with Gasteiger partial charge in [-0.2, -0.15) is 0 Å². The first-order chi connectivity index (χ1) is 12.5. The fraction of sp³-hybridized carbons (Fsp3) is 0.333. The van der Waals surface area contributed by atoms with Gasteiger partial charge < -0.3 is 14.8 Å². The van der Waals surface area contributed by atoms with Crippen LogP contribution in [0.5, 0.6) is 0 Å². The van der Waals surface area contributed by atoms with Gasteiger partial charge in [-0.3, -0.25) is 4.79 Å². The molecule has 1 atom stereocenters. The Bertz CT molecular complexity index is 845. The maximum atomic E-state index is 13.0. The number of aliphatic hydroxyl groups excluding tert-OH is 1. The molecule has 3 rings (SSSR count). The lowest BCUT2D eigenvalue weighted by Gasteiger charge is -2.23. The monoisotopic (exact) mass is 352 g/mol. The van der Waals surface area contributed by atoms with Gasteiger partial charge in [-0.15, -0.1) is 0 Å². The van der Waals surface area contributed by atoms with Crippen LogP contribution < -0.4 is 0 Å². The molecule has 0 bridgehead atoms. The molecule has 0 radical (unpaired) electrons. The molecular weight excluding hydrogens is 328 g/mol. The van der Waals surface area contributed by atoms with E-state index in [2.05, 4.69) is 24.2 Å². The van der Waals surface area contributed by atoms with E-state index in [-0.39, 0.29) is 18.6 Å². The van der Waals surface area contributed by atoms with Crippen molar-refractivity contribution in [2.24, 2.45) is 5.16 Å². The molecule has 1 unspecified atom stereocenters. The van der Waals surface area contributed by atoms with Crippen molar-refractivity contribution in [1.29, 1.82) is 0 Å². The minimum atomic E-state index is -0.258. The lowest BCUT2D eigenvalue weighted by Crippen LogP contribution is -2.38. The molecule has 1 aliphatic heterocycles. The van der Waals surface area contributed by atoms with Gasteiger partial charge >= 0.3 is 0 Å². The lowest BCUT2D eigenvalue weighted by atomic mass is 9.96. The van der Waals surface area contributed by atoms with Gasteiger partial charge in [0.1, 0.15) is 7.11 Å². The first kappa shape index (κ1) is 18.1. The van der Waals surface area contributed by atoms with E-state index >= 15 is 0 Å². The summed E-state index contributed by atoms with van der Waals surface area (Å²) in [5.74, 6) is -0.0841. The second-order valence-corrected chi connectivity index (χ2v) is 6.66. The van der Waals surface area contributed by atoms with E-state index in [1.54, 1.807) is 4.90 Å². The Hall–Kier alpha value is -2.66. The number of likely N-dealkylation sites (tertiary alicyclic amines) is 1. The van der Waals surface area contributed by atoms with Crippen LogP contribution in [0.4, 0.5) is 0 Å². The summed E-state index contributed by atoms with van der Waals surface area (Å²) in [7, 11) is 1.49. The molecule has 1 amide bonds. The maximum absolute atomic E-state index is 13.0. The standard InChI is InChI=1S/C21H24N2O3/c1-14-6-4-5-7-19(14)16-8-9-20(15(2)10-16)21(25)23-12-17(22-26-3)11-18(23)13-24/h4-10,18,24H,11-13H2,1-3H3/b22-17-. The third-order valence-corrected chi connectivity index (χ3v) is 4.87. The predicted octanol–water partition coefficient (Wildman–Crippen LogP) is 3.18. The minimum absolute atomic E-state index is 0.0841. The normalized spacial score (nSPS) is 18.4. The first-order valence-electron chi connectivity index (χ1n) is 8.72. The van der Waals surface area contributed by atoms with Crippen LogP contribution in [0.3, 0.4) is 0 Å². The zero-order valence-electron chi connectivity index (χ0n) is 15.4. The van der Waals surface area contributed by atoms with Crippen molar-refractivity contribution in [2.45, 2.75) is 26.3 Å². The number of nitrogens with zero attached hydrogens (tertiary/aromatic N) is 2. The van der Waals surface area contributed by atoms with E-state index in [9.17, 15) is 9.90 Å². The molecule has 0 aromatic heterocycles. The molecule has 136 valence electrons. The second kappa shape index (κ2) is 7.70. The van der Waals surface area contributed by atoms with E-state index in [1.807, 2.05) is 37.3 Å². The molecule has 1 saturated heterocycles. The fourth-order valence-corrected chi connectivity index (χ4v) is 3.49. The van der Waals surface area contributed by atoms with Crippen molar-refractivity contribution >= 4 is 11.6 Å². The van der Waals surface area contributed by atoms with Gasteiger partial charge in [-0.25, -0.2) is 0 Å². The second-order valence-electron chi connectivity index (χ2n) is 6.66. The lowest BCUT2D eigenvalue weighted by molar-refractivity contribution is 0.0679. The number of aliphatic hydroxyl groups is 1. The predicted molar refractivity (Wildman–Crippen MR) is 102 cm³/mol. The number of oxime groups is 1. The molecule has 2 aromatic carbocycles. The van der Waals surface area contributed by atoms with Gasteiger partial charge in [-0.1, -0.05) is 41.6 Å². The maximum Gasteiger partial charge on any atom is 0.254 e. The summed E-state index contributed by atoms with van der Waals surface area (Å²) in [6, 6.07) is 13.8. The largest absolute Gasteiger partial charge is 0.399 e. The van der Waals surface area contributed by atoms with Crippen molar-refractivity contribution < 1.29 is 14.7 Å². The number of carbonyl (C=O) groups excluding carboxylic acids is 1. The zero-order chi connectivity index (χ0) is 18.7. The molecule has 0 aliphatic carbocycles. The Balaban J connectivity index is 1.89. The summed E-state index contributed by atoms with van der Waals surface area (Å²) in [6.07, 6.45) is 0.538. The summed E-state index contributed by atoms with van der Waals surface area (Å²) in [4.78, 5) is 19.5. The summed E-state index contributed by atoms with van der Waals surface area (Å²) in [5, 5.41) is 13.6. The highest BCUT2D eigenvalue weighted by molar-refractivity contribution is 6.01. The third kappa shape index (κ3) is 3.48. The molecule has 2 aromatic rings. The first-order valence-corrected chi connectivity index (χ1v) is 8.72. The Kier molecular flexibility index (Phi) is 5.38. The molecule has 1 N–H and O–H groups in total. The Morgan fingerprint density at radius 1 is 1.23 bits per heavy atom. The van der Waals surface area contributed by atoms with Crippen LogP contribution in [0.2, 0.25) is 0 Å². The van der Waals surface area contributed by atoms with Crippen molar-refractivity contribution in [3.63, 3.8) is 0 Å². The number of aryl methyl sites for hydroxylation is 2. The Labute approximate surface area is 153 Å². The zero-order valence-corrected chi connectivity index (χ0v) is 15.4. The van der Waals surface area contributed by atoms with Crippen molar-refractivity contribution in [3.05, 3.63) is 59.2 Å². The highest BCUT2D eigenvalue weighted by Crippen LogP contribution is 2.27. The summed E-state index contributed by atoms with van der Waals surface area (Å²) < 4.78 is 0. The SMILES string of the molecule is CO/N=C1/CC(CO)N(C(=O)c2ccc(-c3ccccc3C)cc2C)C1. The number of rotatable bonds is 4. The van der Waals surface area contributed by atoms with Crippen LogP contribution in [0.25, 0.3) is 11.1 Å². The fourth-order valence-electron chi connectivity index (χ4n) is 3.49. The molecule has 0 spiro atoms. The Morgan fingerprint density at radius 2 is 2.00 bits per heavy atom. The number of amides is 1. The topological polar surface area (TPSA) is 62.1 Å². The van der Waals surface area contributed by atoms with Gasteiger partial charge in [0.2, 0.25) is 0 Å². The van der Waals surface area contributed by atoms with E-state index in [1.165, 1.54) is 18.2 Å². The van der Waals surface area contributed by atoms with Gasteiger partial charge in [0.05, 0.1) is 24.9 Å². The van der Waals surface area contributed by atoms with Crippen LogP contribution >= 0.6 is 0 Å². The van der Waals surface area contributed by atoms with E-state index in [0.29, 0.717) is 18.5 Å². The molecule has 5 heteroatoms. The smallest absolute Gasteiger partial charge is 0.254 e. The minimum Gasteiger partial charge on any atom is -0.399 e.